The van der Waals surface area contributed by atoms with Crippen molar-refractivity contribution in [2.45, 2.75) is 13.5 Å². The van der Waals surface area contributed by atoms with Crippen LogP contribution in [0.4, 0.5) is 5.69 Å². The summed E-state index contributed by atoms with van der Waals surface area (Å²) >= 11 is 0. The van der Waals surface area contributed by atoms with Crippen LogP contribution in [0, 0.1) is 0 Å². The van der Waals surface area contributed by atoms with Gasteiger partial charge in [0, 0.05) is 0 Å². The smallest absolute Gasteiger partial charge is 0.193 e. The summed E-state index contributed by atoms with van der Waals surface area (Å²) in [6.07, 6.45) is 0. The Morgan fingerprint density at radius 3 is 2.88 bits per heavy atom. The van der Waals surface area contributed by atoms with Gasteiger partial charge in [0.15, 0.2) is 5.82 Å². The third-order valence-electron chi connectivity index (χ3n) is 2.17. The molecule has 0 unspecified atom stereocenters. The zero-order valence-electron chi connectivity index (χ0n) is 9.92. The van der Waals surface area contributed by atoms with E-state index in [0.29, 0.717) is 19.0 Å². The molecule has 17 heavy (non-hydrogen) atoms. The highest BCUT2D eigenvalue weighted by Gasteiger charge is 2.04. The minimum atomic E-state index is 0.526. The van der Waals surface area contributed by atoms with Crippen LogP contribution in [0.1, 0.15) is 12.7 Å². The molecule has 0 aliphatic rings. The van der Waals surface area contributed by atoms with Crippen LogP contribution in [0.15, 0.2) is 24.3 Å². The summed E-state index contributed by atoms with van der Waals surface area (Å²) in [7, 11) is 1.74. The van der Waals surface area contributed by atoms with Crippen LogP contribution in [-0.2, 0) is 13.6 Å². The molecule has 0 aliphatic heterocycles. The van der Waals surface area contributed by atoms with Gasteiger partial charge in [-0.15, -0.1) is 10.2 Å². The van der Waals surface area contributed by atoms with E-state index >= 15 is 0 Å². The first-order valence-corrected chi connectivity index (χ1v) is 5.48. The zero-order valence-corrected chi connectivity index (χ0v) is 9.92. The van der Waals surface area contributed by atoms with Crippen LogP contribution in [0.2, 0.25) is 0 Å². The summed E-state index contributed by atoms with van der Waals surface area (Å²) < 4.78 is 5.51. The van der Waals surface area contributed by atoms with E-state index in [1.54, 1.807) is 7.05 Å². The van der Waals surface area contributed by atoms with E-state index in [4.69, 9.17) is 4.74 Å². The van der Waals surface area contributed by atoms with E-state index < -0.39 is 0 Å². The topological polar surface area (TPSA) is 64.9 Å². The summed E-state index contributed by atoms with van der Waals surface area (Å²) in [5.41, 5.74) is 0.932. The SMILES string of the molecule is CCOc1ccccc1NCc1nnn(C)n1. The lowest BCUT2D eigenvalue weighted by Gasteiger charge is -2.10. The Kier molecular flexibility index (Phi) is 3.54. The molecule has 6 nitrogen and oxygen atoms in total. The number of anilines is 1. The Hall–Kier alpha value is -2.11. The number of aromatic nitrogens is 4. The third-order valence-corrected chi connectivity index (χ3v) is 2.17. The fourth-order valence-corrected chi connectivity index (χ4v) is 1.46. The van der Waals surface area contributed by atoms with Crippen molar-refractivity contribution >= 4 is 5.69 Å². The van der Waals surface area contributed by atoms with Crippen molar-refractivity contribution in [1.82, 2.24) is 20.2 Å². The van der Waals surface area contributed by atoms with Gasteiger partial charge in [0.05, 0.1) is 25.9 Å². The van der Waals surface area contributed by atoms with E-state index in [2.05, 4.69) is 20.7 Å². The molecule has 90 valence electrons. The highest BCUT2D eigenvalue weighted by molar-refractivity contribution is 5.56. The highest BCUT2D eigenvalue weighted by atomic mass is 16.5. The Balaban J connectivity index is 2.03. The lowest BCUT2D eigenvalue weighted by Crippen LogP contribution is -2.04. The van der Waals surface area contributed by atoms with Crippen molar-refractivity contribution in [3.63, 3.8) is 0 Å². The summed E-state index contributed by atoms with van der Waals surface area (Å²) in [6.45, 7) is 3.13. The van der Waals surface area contributed by atoms with Crippen LogP contribution >= 0.6 is 0 Å². The number of benzene rings is 1. The predicted octanol–water partition coefficient (Wildman–Crippen LogP) is 1.22. The van der Waals surface area contributed by atoms with Crippen molar-refractivity contribution < 1.29 is 4.74 Å². The van der Waals surface area contributed by atoms with Crippen molar-refractivity contribution in [2.24, 2.45) is 7.05 Å². The molecule has 0 amide bonds. The minimum Gasteiger partial charge on any atom is -0.492 e. The van der Waals surface area contributed by atoms with Gasteiger partial charge in [-0.2, -0.15) is 4.80 Å². The summed E-state index contributed by atoms with van der Waals surface area (Å²) in [5, 5.41) is 15.0. The van der Waals surface area contributed by atoms with E-state index in [1.807, 2.05) is 31.2 Å². The third kappa shape index (κ3) is 2.93. The minimum absolute atomic E-state index is 0.526. The predicted molar refractivity (Wildman–Crippen MR) is 63.7 cm³/mol. The Morgan fingerprint density at radius 2 is 2.18 bits per heavy atom. The van der Waals surface area contributed by atoms with E-state index in [0.717, 1.165) is 11.4 Å². The molecule has 1 aromatic carbocycles. The standard InChI is InChI=1S/C11H15N5O/c1-3-17-10-7-5-4-6-9(10)12-8-11-13-15-16(2)14-11/h4-7,12H,3,8H2,1-2H3. The molecule has 0 atom stereocenters. The molecule has 1 aromatic heterocycles. The van der Waals surface area contributed by atoms with E-state index in [9.17, 15) is 0 Å². The van der Waals surface area contributed by atoms with Crippen LogP contribution in [0.25, 0.3) is 0 Å². The fourth-order valence-electron chi connectivity index (χ4n) is 1.46. The highest BCUT2D eigenvalue weighted by Crippen LogP contribution is 2.23. The second-order valence-electron chi connectivity index (χ2n) is 3.48. The number of ether oxygens (including phenoxy) is 1. The molecule has 6 heteroatoms. The van der Waals surface area contributed by atoms with Crippen LogP contribution < -0.4 is 10.1 Å². The Labute approximate surface area is 99.6 Å². The molecule has 2 rings (SSSR count). The summed E-state index contributed by atoms with van der Waals surface area (Å²) in [5.74, 6) is 1.48. The maximum atomic E-state index is 5.51. The van der Waals surface area contributed by atoms with Crippen LogP contribution in [0.3, 0.4) is 0 Å². The fraction of sp³-hybridized carbons (Fsp3) is 0.364. The number of nitrogens with zero attached hydrogens (tertiary/aromatic N) is 4. The first-order valence-electron chi connectivity index (χ1n) is 5.48. The number of rotatable bonds is 5. The summed E-state index contributed by atoms with van der Waals surface area (Å²) in [6, 6.07) is 7.78. The van der Waals surface area contributed by atoms with Gasteiger partial charge in [0.2, 0.25) is 0 Å². The van der Waals surface area contributed by atoms with Gasteiger partial charge in [-0.05, 0) is 24.3 Å². The first-order chi connectivity index (χ1) is 8.29. The van der Waals surface area contributed by atoms with E-state index in [-0.39, 0.29) is 0 Å². The molecule has 2 aromatic rings. The van der Waals surface area contributed by atoms with Crippen molar-refractivity contribution in [1.29, 1.82) is 0 Å². The molecule has 0 saturated heterocycles. The first kappa shape index (κ1) is 11.4. The lowest BCUT2D eigenvalue weighted by atomic mass is 10.3. The van der Waals surface area contributed by atoms with Gasteiger partial charge in [-0.3, -0.25) is 0 Å². The van der Waals surface area contributed by atoms with Crippen LogP contribution in [-0.4, -0.2) is 26.8 Å². The molecule has 0 radical (unpaired) electrons. The number of hydrogen-bond donors (Lipinski definition) is 1. The quantitative estimate of drug-likeness (QED) is 0.841. The average Bonchev–Trinajstić information content (AvgIpc) is 2.74. The lowest BCUT2D eigenvalue weighted by molar-refractivity contribution is 0.341. The van der Waals surface area contributed by atoms with E-state index in [1.165, 1.54) is 4.80 Å². The van der Waals surface area contributed by atoms with Crippen LogP contribution in [0.5, 0.6) is 5.75 Å². The van der Waals surface area contributed by atoms with Crippen molar-refractivity contribution in [2.75, 3.05) is 11.9 Å². The van der Waals surface area contributed by atoms with Crippen molar-refractivity contribution in [3.05, 3.63) is 30.1 Å². The molecule has 0 saturated carbocycles. The molecule has 1 N–H and O–H groups in total. The number of tetrazole rings is 1. The normalized spacial score (nSPS) is 10.2. The molecule has 0 spiro atoms. The largest absolute Gasteiger partial charge is 0.492 e. The molecular weight excluding hydrogens is 218 g/mol. The number of aryl methyl sites for hydroxylation is 1. The average molecular weight is 233 g/mol. The maximum absolute atomic E-state index is 5.51. The number of nitrogens with one attached hydrogen (secondary N) is 1. The van der Waals surface area contributed by atoms with Gasteiger partial charge in [-0.25, -0.2) is 0 Å². The summed E-state index contributed by atoms with van der Waals surface area (Å²) in [4.78, 5) is 1.44. The molecule has 1 heterocycles. The Bertz CT molecular complexity index is 482. The zero-order chi connectivity index (χ0) is 12.1. The molecule has 0 fully saturated rings. The monoisotopic (exact) mass is 233 g/mol. The Morgan fingerprint density at radius 1 is 1.35 bits per heavy atom. The van der Waals surface area contributed by atoms with Crippen molar-refractivity contribution in [3.8, 4) is 5.75 Å². The second-order valence-corrected chi connectivity index (χ2v) is 3.48. The van der Waals surface area contributed by atoms with Gasteiger partial charge in [-0.1, -0.05) is 12.1 Å². The van der Waals surface area contributed by atoms with Gasteiger partial charge in [0.1, 0.15) is 5.75 Å². The number of para-hydroxylation sites is 2. The molecular formula is C11H15N5O. The number of hydrogen-bond acceptors (Lipinski definition) is 5. The van der Waals surface area contributed by atoms with Gasteiger partial charge >= 0.3 is 0 Å². The molecule has 0 aliphatic carbocycles. The second kappa shape index (κ2) is 5.29. The van der Waals surface area contributed by atoms with Gasteiger partial charge < -0.3 is 10.1 Å². The maximum Gasteiger partial charge on any atom is 0.193 e. The van der Waals surface area contributed by atoms with Gasteiger partial charge in [0.25, 0.3) is 0 Å². The molecule has 0 bridgehead atoms.